The molecule has 1 rings (SSSR count). The highest BCUT2D eigenvalue weighted by molar-refractivity contribution is 5.83. The number of hydrogen-bond acceptors (Lipinski definition) is 3. The maximum Gasteiger partial charge on any atom is 0.303 e. The van der Waals surface area contributed by atoms with Crippen molar-refractivity contribution in [1.29, 1.82) is 0 Å². The molecule has 0 saturated heterocycles. The Balaban J connectivity index is 2.46. The van der Waals surface area contributed by atoms with E-state index in [1.165, 1.54) is 10.6 Å². The number of carboxylic acid groups (broad SMARTS) is 1. The number of nitrogens with zero attached hydrogens (tertiary/aromatic N) is 1. The molecule has 0 aliphatic carbocycles. The number of carboxylic acids is 1. The Morgan fingerprint density at radius 1 is 1.24 bits per heavy atom. The van der Waals surface area contributed by atoms with Gasteiger partial charge in [0, 0.05) is 25.2 Å². The summed E-state index contributed by atoms with van der Waals surface area (Å²) in [5.41, 5.74) is -1.18. The Labute approximate surface area is 123 Å². The van der Waals surface area contributed by atoms with E-state index in [0.29, 0.717) is 13.0 Å². The zero-order chi connectivity index (χ0) is 15.9. The minimum atomic E-state index is -0.959. The van der Waals surface area contributed by atoms with Crippen molar-refractivity contribution in [3.05, 3.63) is 34.7 Å². The van der Waals surface area contributed by atoms with Crippen LogP contribution in [-0.2, 0) is 15.1 Å². The van der Waals surface area contributed by atoms with Crippen LogP contribution in [0.3, 0.4) is 0 Å². The number of amides is 1. The number of pyridine rings is 1. The van der Waals surface area contributed by atoms with E-state index < -0.39 is 11.5 Å². The molecule has 0 bridgehead atoms. The topological polar surface area (TPSA) is 88.4 Å². The van der Waals surface area contributed by atoms with Gasteiger partial charge in [-0.2, -0.15) is 0 Å². The fourth-order valence-corrected chi connectivity index (χ4v) is 1.99. The second kappa shape index (κ2) is 7.61. The normalized spacial score (nSPS) is 11.1. The molecular formula is C15H22N2O4. The van der Waals surface area contributed by atoms with Gasteiger partial charge in [0.15, 0.2) is 0 Å². The molecule has 0 spiro atoms. The van der Waals surface area contributed by atoms with E-state index in [9.17, 15) is 14.4 Å². The first-order chi connectivity index (χ1) is 9.85. The predicted octanol–water partition coefficient (Wildman–Crippen LogP) is 1.34. The summed E-state index contributed by atoms with van der Waals surface area (Å²) in [6.45, 7) is 3.85. The quantitative estimate of drug-likeness (QED) is 0.708. The highest BCUT2D eigenvalue weighted by Gasteiger charge is 2.29. The van der Waals surface area contributed by atoms with Crippen LogP contribution in [0.1, 0.15) is 39.5 Å². The highest BCUT2D eigenvalue weighted by Crippen LogP contribution is 2.12. The molecule has 0 aliphatic heterocycles. The van der Waals surface area contributed by atoms with Gasteiger partial charge >= 0.3 is 5.97 Å². The Hall–Kier alpha value is -2.11. The van der Waals surface area contributed by atoms with Crippen LogP contribution in [0.2, 0.25) is 0 Å². The number of carbonyl (C=O) groups excluding carboxylic acids is 1. The SMILES string of the molecule is CC(C)(C(=O)NCCCCCC(=O)O)n1ccccc1=O. The molecule has 1 aromatic rings. The molecule has 0 saturated carbocycles. The average molecular weight is 294 g/mol. The van der Waals surface area contributed by atoms with Crippen molar-refractivity contribution in [2.75, 3.05) is 6.54 Å². The zero-order valence-electron chi connectivity index (χ0n) is 12.5. The van der Waals surface area contributed by atoms with E-state index >= 15 is 0 Å². The molecule has 21 heavy (non-hydrogen) atoms. The zero-order valence-corrected chi connectivity index (χ0v) is 12.5. The van der Waals surface area contributed by atoms with E-state index in [1.54, 1.807) is 32.2 Å². The third kappa shape index (κ3) is 5.06. The maximum absolute atomic E-state index is 12.2. The first kappa shape index (κ1) is 16.9. The van der Waals surface area contributed by atoms with Crippen molar-refractivity contribution in [2.24, 2.45) is 0 Å². The number of hydrogen-bond donors (Lipinski definition) is 2. The monoisotopic (exact) mass is 294 g/mol. The van der Waals surface area contributed by atoms with Crippen molar-refractivity contribution in [3.63, 3.8) is 0 Å². The molecule has 0 unspecified atom stereocenters. The maximum atomic E-state index is 12.2. The van der Waals surface area contributed by atoms with E-state index in [2.05, 4.69) is 5.32 Å². The molecular weight excluding hydrogens is 272 g/mol. The number of nitrogens with one attached hydrogen (secondary N) is 1. The molecule has 0 aliphatic rings. The lowest BCUT2D eigenvalue weighted by Gasteiger charge is -2.26. The van der Waals surface area contributed by atoms with Gasteiger partial charge in [0.25, 0.3) is 5.56 Å². The van der Waals surface area contributed by atoms with Crippen molar-refractivity contribution in [2.45, 2.75) is 45.1 Å². The lowest BCUT2D eigenvalue weighted by atomic mass is 10.0. The molecule has 0 atom stereocenters. The minimum absolute atomic E-state index is 0.152. The Bertz CT molecular complexity index is 549. The third-order valence-electron chi connectivity index (χ3n) is 3.33. The van der Waals surface area contributed by atoms with Crippen LogP contribution in [-0.4, -0.2) is 28.1 Å². The lowest BCUT2D eigenvalue weighted by molar-refractivity contribution is -0.137. The molecule has 2 N–H and O–H groups in total. The van der Waals surface area contributed by atoms with E-state index in [-0.39, 0.29) is 17.9 Å². The van der Waals surface area contributed by atoms with Crippen molar-refractivity contribution >= 4 is 11.9 Å². The summed E-state index contributed by atoms with van der Waals surface area (Å²) in [4.78, 5) is 34.3. The summed E-state index contributed by atoms with van der Waals surface area (Å²) in [6.07, 6.45) is 3.82. The fraction of sp³-hybridized carbons (Fsp3) is 0.533. The van der Waals surface area contributed by atoms with E-state index in [0.717, 1.165) is 12.8 Å². The first-order valence-corrected chi connectivity index (χ1v) is 7.04. The second-order valence-electron chi connectivity index (χ2n) is 5.43. The third-order valence-corrected chi connectivity index (χ3v) is 3.33. The van der Waals surface area contributed by atoms with Crippen LogP contribution in [0.5, 0.6) is 0 Å². The molecule has 1 heterocycles. The predicted molar refractivity (Wildman–Crippen MR) is 79.1 cm³/mol. The summed E-state index contributed by atoms with van der Waals surface area (Å²) in [6, 6.07) is 4.76. The molecule has 1 amide bonds. The molecule has 1 aromatic heterocycles. The summed E-state index contributed by atoms with van der Waals surface area (Å²) >= 11 is 0. The van der Waals surface area contributed by atoms with Gasteiger partial charge in [-0.15, -0.1) is 0 Å². The smallest absolute Gasteiger partial charge is 0.303 e. The number of aromatic nitrogens is 1. The lowest BCUT2D eigenvalue weighted by Crippen LogP contribution is -2.48. The number of unbranched alkanes of at least 4 members (excludes halogenated alkanes) is 2. The Morgan fingerprint density at radius 3 is 2.57 bits per heavy atom. The van der Waals surface area contributed by atoms with Gasteiger partial charge in [-0.25, -0.2) is 0 Å². The molecule has 6 heteroatoms. The van der Waals surface area contributed by atoms with Gasteiger partial charge in [-0.05, 0) is 32.8 Å². The van der Waals surface area contributed by atoms with Crippen LogP contribution in [0.15, 0.2) is 29.2 Å². The summed E-state index contributed by atoms with van der Waals surface area (Å²) in [5.74, 6) is -1.03. The van der Waals surface area contributed by atoms with E-state index in [1.807, 2.05) is 0 Å². The number of aliphatic carboxylic acids is 1. The van der Waals surface area contributed by atoms with Gasteiger partial charge in [0.1, 0.15) is 5.54 Å². The van der Waals surface area contributed by atoms with Crippen LogP contribution in [0, 0.1) is 0 Å². The van der Waals surface area contributed by atoms with Crippen LogP contribution < -0.4 is 10.9 Å². The highest BCUT2D eigenvalue weighted by atomic mass is 16.4. The van der Waals surface area contributed by atoms with Crippen LogP contribution in [0.4, 0.5) is 0 Å². The van der Waals surface area contributed by atoms with Gasteiger partial charge in [0.05, 0.1) is 0 Å². The molecule has 116 valence electrons. The Kier molecular flexibility index (Phi) is 6.14. The van der Waals surface area contributed by atoms with Gasteiger partial charge in [0.2, 0.25) is 5.91 Å². The summed E-state index contributed by atoms with van der Waals surface area (Å²) in [7, 11) is 0. The van der Waals surface area contributed by atoms with Crippen molar-refractivity contribution < 1.29 is 14.7 Å². The van der Waals surface area contributed by atoms with Crippen LogP contribution in [0.25, 0.3) is 0 Å². The molecule has 0 fully saturated rings. The van der Waals surface area contributed by atoms with Crippen molar-refractivity contribution in [3.8, 4) is 0 Å². The largest absolute Gasteiger partial charge is 0.481 e. The minimum Gasteiger partial charge on any atom is -0.481 e. The first-order valence-electron chi connectivity index (χ1n) is 7.04. The Morgan fingerprint density at radius 2 is 1.95 bits per heavy atom. The standard InChI is InChI=1S/C15H22N2O4/c1-15(2,17-11-7-5-8-12(17)18)14(21)16-10-6-3-4-9-13(19)20/h5,7-8,11H,3-4,6,9-10H2,1-2H3,(H,16,21)(H,19,20). The van der Waals surface area contributed by atoms with Crippen LogP contribution >= 0.6 is 0 Å². The second-order valence-corrected chi connectivity index (χ2v) is 5.43. The molecule has 6 nitrogen and oxygen atoms in total. The number of carbonyl (C=O) groups is 2. The van der Waals surface area contributed by atoms with Crippen molar-refractivity contribution in [1.82, 2.24) is 9.88 Å². The summed E-state index contributed by atoms with van der Waals surface area (Å²) < 4.78 is 1.40. The fourth-order valence-electron chi connectivity index (χ4n) is 1.99. The average Bonchev–Trinajstić information content (AvgIpc) is 2.42. The number of rotatable bonds is 8. The molecule has 0 aromatic carbocycles. The van der Waals surface area contributed by atoms with Gasteiger partial charge in [-0.1, -0.05) is 12.5 Å². The summed E-state index contributed by atoms with van der Waals surface area (Å²) in [5, 5.41) is 11.3. The van der Waals surface area contributed by atoms with Gasteiger partial charge < -0.3 is 15.0 Å². The van der Waals surface area contributed by atoms with E-state index in [4.69, 9.17) is 5.11 Å². The van der Waals surface area contributed by atoms with Gasteiger partial charge in [-0.3, -0.25) is 14.4 Å². The molecule has 0 radical (unpaired) electrons.